The fraction of sp³-hybridized carbons (Fsp3) is 0.444. The number of hydrogen-bond donors (Lipinski definition) is 0. The summed E-state index contributed by atoms with van der Waals surface area (Å²) < 4.78 is 41.8. The van der Waals surface area contributed by atoms with E-state index in [1.54, 1.807) is 55.2 Å². The number of benzene rings is 1. The van der Waals surface area contributed by atoms with Crippen molar-refractivity contribution in [2.45, 2.75) is 68.8 Å². The summed E-state index contributed by atoms with van der Waals surface area (Å²) in [5.74, 6) is 0.610. The lowest BCUT2D eigenvalue weighted by Crippen LogP contribution is -2.33. The van der Waals surface area contributed by atoms with E-state index in [1.165, 1.54) is 10.5 Å². The minimum absolute atomic E-state index is 0.00724. The molecule has 2 aliphatic carbocycles. The molecule has 1 atom stereocenters. The van der Waals surface area contributed by atoms with Gasteiger partial charge in [-0.05, 0) is 74.8 Å². The van der Waals surface area contributed by atoms with Crippen molar-refractivity contribution in [3.05, 3.63) is 64.6 Å². The molecule has 202 valence electrons. The second-order valence-electron chi connectivity index (χ2n) is 10.1. The Balaban J connectivity index is 1.43. The van der Waals surface area contributed by atoms with Crippen LogP contribution in [-0.2, 0) is 37.9 Å². The molecule has 5 rings (SSSR count). The van der Waals surface area contributed by atoms with E-state index in [0.29, 0.717) is 29.7 Å². The molecule has 0 bridgehead atoms. The number of pyridine rings is 1. The molecule has 2 heterocycles. The van der Waals surface area contributed by atoms with Crippen LogP contribution in [0.1, 0.15) is 62.4 Å². The number of aromatic nitrogens is 3. The monoisotopic (exact) mass is 558 g/mol. The van der Waals surface area contributed by atoms with Crippen LogP contribution in [0.15, 0.2) is 47.6 Å². The predicted molar refractivity (Wildman–Crippen MR) is 142 cm³/mol. The first-order chi connectivity index (χ1) is 18.1. The zero-order chi connectivity index (χ0) is 27.1. The van der Waals surface area contributed by atoms with Gasteiger partial charge < -0.3 is 9.47 Å². The van der Waals surface area contributed by atoms with Crippen LogP contribution >= 0.6 is 11.6 Å². The minimum Gasteiger partial charge on any atom is -0.465 e. The lowest BCUT2D eigenvalue weighted by molar-refractivity contribution is -0.144. The fourth-order valence-electron chi connectivity index (χ4n) is 4.93. The van der Waals surface area contributed by atoms with Crippen molar-refractivity contribution in [1.29, 1.82) is 0 Å². The molecule has 1 fully saturated rings. The van der Waals surface area contributed by atoms with Crippen LogP contribution in [0, 0.1) is 0 Å². The van der Waals surface area contributed by atoms with Gasteiger partial charge in [0.05, 0.1) is 25.0 Å². The van der Waals surface area contributed by atoms with E-state index in [9.17, 15) is 13.2 Å². The van der Waals surface area contributed by atoms with Gasteiger partial charge in [-0.15, -0.1) is 0 Å². The molecular weight excluding hydrogens is 528 g/mol. The maximum atomic E-state index is 13.8. The van der Waals surface area contributed by atoms with Gasteiger partial charge in [-0.3, -0.25) is 9.48 Å². The van der Waals surface area contributed by atoms with Gasteiger partial charge in [0.15, 0.2) is 0 Å². The molecule has 38 heavy (non-hydrogen) atoms. The number of ether oxygens (including phenoxy) is 2. The number of hydrogen-bond acceptors (Lipinski definition) is 7. The average Bonchev–Trinajstić information content (AvgIpc) is 3.52. The van der Waals surface area contributed by atoms with Crippen LogP contribution in [0.4, 0.5) is 0 Å². The van der Waals surface area contributed by atoms with E-state index in [1.807, 2.05) is 0 Å². The third-order valence-electron chi connectivity index (χ3n) is 7.44. The summed E-state index contributed by atoms with van der Waals surface area (Å²) in [5.41, 5.74) is 2.27. The molecule has 2 aliphatic rings. The predicted octanol–water partition coefficient (Wildman–Crippen LogP) is 5.04. The zero-order valence-electron chi connectivity index (χ0n) is 21.7. The van der Waals surface area contributed by atoms with Crippen LogP contribution in [0.2, 0.25) is 5.02 Å². The topological polar surface area (TPSA) is 104 Å². The summed E-state index contributed by atoms with van der Waals surface area (Å²) in [6, 6.07) is 8.27. The summed E-state index contributed by atoms with van der Waals surface area (Å²) >= 11 is 5.99. The second kappa shape index (κ2) is 10.3. The molecule has 1 unspecified atom stereocenters. The number of carbonyl (C=O) groups is 1. The molecule has 11 heteroatoms. The molecular formula is C27H31ClN4O5S. The Kier molecular flexibility index (Phi) is 7.23. The Hall–Kier alpha value is -2.95. The SMILES string of the molecule is CCOC(=O)Cn1ncc2c1CCCC2N(C)S(=O)(=O)c1cnc(Oc2ccc(Cl)cc2)c(C2(C)CC2)c1. The van der Waals surface area contributed by atoms with E-state index in [2.05, 4.69) is 17.0 Å². The van der Waals surface area contributed by atoms with Gasteiger partial charge in [-0.1, -0.05) is 18.5 Å². The largest absolute Gasteiger partial charge is 0.465 e. The third kappa shape index (κ3) is 5.17. The smallest absolute Gasteiger partial charge is 0.327 e. The Morgan fingerprint density at radius 3 is 2.66 bits per heavy atom. The van der Waals surface area contributed by atoms with Gasteiger partial charge in [0, 0.05) is 28.9 Å². The minimum atomic E-state index is -3.88. The maximum absolute atomic E-state index is 13.8. The highest BCUT2D eigenvalue weighted by Gasteiger charge is 2.43. The number of fused-ring (bicyclic) bond motifs is 1. The third-order valence-corrected chi connectivity index (χ3v) is 9.52. The lowest BCUT2D eigenvalue weighted by atomic mass is 9.93. The molecule has 0 saturated heterocycles. The van der Waals surface area contributed by atoms with Gasteiger partial charge in [-0.25, -0.2) is 13.4 Å². The standard InChI is InChI=1S/C27H31ClN4O5S/c1-4-36-25(33)17-32-24-7-5-6-23(21(24)16-30-32)31(3)38(34,35)20-14-22(27(2)12-13-27)26(29-15-20)37-19-10-8-18(28)9-11-19/h8-11,14-16,23H,4-7,12-13,17H2,1-3H3. The van der Waals surface area contributed by atoms with Crippen LogP contribution < -0.4 is 4.74 Å². The molecule has 9 nitrogen and oxygen atoms in total. The fourth-order valence-corrected chi connectivity index (χ4v) is 6.40. The Morgan fingerprint density at radius 1 is 1.24 bits per heavy atom. The second-order valence-corrected chi connectivity index (χ2v) is 12.5. The summed E-state index contributed by atoms with van der Waals surface area (Å²) in [4.78, 5) is 16.6. The first-order valence-electron chi connectivity index (χ1n) is 12.7. The van der Waals surface area contributed by atoms with Gasteiger partial charge in [-0.2, -0.15) is 9.40 Å². The highest BCUT2D eigenvalue weighted by atomic mass is 35.5. The molecule has 1 aromatic carbocycles. The maximum Gasteiger partial charge on any atom is 0.327 e. The van der Waals surface area contributed by atoms with E-state index in [-0.39, 0.29) is 22.8 Å². The highest BCUT2D eigenvalue weighted by Crippen LogP contribution is 2.51. The normalized spacial score (nSPS) is 18.2. The van der Waals surface area contributed by atoms with Crippen molar-refractivity contribution in [2.75, 3.05) is 13.7 Å². The number of carbonyl (C=O) groups excluding carboxylic acids is 1. The van der Waals surface area contributed by atoms with E-state index < -0.39 is 16.1 Å². The lowest BCUT2D eigenvalue weighted by Gasteiger charge is -2.31. The molecule has 3 aromatic rings. The van der Waals surface area contributed by atoms with Crippen molar-refractivity contribution in [3.63, 3.8) is 0 Å². The van der Waals surface area contributed by atoms with Gasteiger partial charge in [0.25, 0.3) is 0 Å². The number of esters is 1. The molecule has 2 aromatic heterocycles. The van der Waals surface area contributed by atoms with Crippen molar-refractivity contribution < 1.29 is 22.7 Å². The Morgan fingerprint density at radius 2 is 1.97 bits per heavy atom. The quantitative estimate of drug-likeness (QED) is 0.339. The highest BCUT2D eigenvalue weighted by molar-refractivity contribution is 7.89. The first kappa shape index (κ1) is 26.6. The van der Waals surface area contributed by atoms with E-state index >= 15 is 0 Å². The van der Waals surface area contributed by atoms with Gasteiger partial charge in [0.1, 0.15) is 17.2 Å². The number of nitrogens with zero attached hydrogens (tertiary/aromatic N) is 4. The van der Waals surface area contributed by atoms with Crippen LogP contribution in [0.3, 0.4) is 0 Å². The molecule has 0 aliphatic heterocycles. The average molecular weight is 559 g/mol. The van der Waals surface area contributed by atoms with Crippen LogP contribution in [-0.4, -0.2) is 47.1 Å². The Bertz CT molecular complexity index is 1450. The van der Waals surface area contributed by atoms with Crippen molar-refractivity contribution in [2.24, 2.45) is 0 Å². The van der Waals surface area contributed by atoms with Crippen molar-refractivity contribution >= 4 is 27.6 Å². The summed E-state index contributed by atoms with van der Waals surface area (Å²) in [6.07, 6.45) is 7.04. The molecule has 0 radical (unpaired) electrons. The molecule has 1 saturated carbocycles. The summed E-state index contributed by atoms with van der Waals surface area (Å²) in [6.45, 7) is 4.15. The van der Waals surface area contributed by atoms with Gasteiger partial charge >= 0.3 is 5.97 Å². The van der Waals surface area contributed by atoms with E-state index in [4.69, 9.17) is 21.1 Å². The number of rotatable bonds is 9. The van der Waals surface area contributed by atoms with Crippen LogP contribution in [0.5, 0.6) is 11.6 Å². The van der Waals surface area contributed by atoms with Gasteiger partial charge in [0.2, 0.25) is 15.9 Å². The zero-order valence-corrected chi connectivity index (χ0v) is 23.3. The summed E-state index contributed by atoms with van der Waals surface area (Å²) in [5, 5.41) is 4.97. The van der Waals surface area contributed by atoms with Crippen molar-refractivity contribution in [1.82, 2.24) is 19.1 Å². The van der Waals surface area contributed by atoms with Crippen LogP contribution in [0.25, 0.3) is 0 Å². The molecule has 0 spiro atoms. The molecule has 0 amide bonds. The number of halogens is 1. The Labute approximate surface area is 227 Å². The van der Waals surface area contributed by atoms with Crippen molar-refractivity contribution in [3.8, 4) is 11.6 Å². The first-order valence-corrected chi connectivity index (χ1v) is 14.6. The summed E-state index contributed by atoms with van der Waals surface area (Å²) in [7, 11) is -2.29. The van der Waals surface area contributed by atoms with E-state index in [0.717, 1.165) is 42.5 Å². The molecule has 0 N–H and O–H groups in total. The number of sulfonamides is 1.